The van der Waals surface area contributed by atoms with Gasteiger partial charge in [-0.2, -0.15) is 0 Å². The molecule has 0 fully saturated rings. The maximum atomic E-state index is 6.22. The largest absolute Gasteiger partial charge is 0.456 e. The Kier molecular flexibility index (Phi) is 5.47. The third kappa shape index (κ3) is 3.92. The summed E-state index contributed by atoms with van der Waals surface area (Å²) in [5.74, 6) is 0.660. The van der Waals surface area contributed by atoms with Gasteiger partial charge in [0.2, 0.25) is 0 Å². The van der Waals surface area contributed by atoms with Gasteiger partial charge in [0.1, 0.15) is 11.2 Å². The van der Waals surface area contributed by atoms with Crippen molar-refractivity contribution in [1.82, 2.24) is 14.5 Å². The standard InChI is InChI=1S/C40H25N3O/c1-3-11-26(12-4-1)34-25-35(42-40(41-34)28-20-22-33-32-16-8-10-18-38(32)44-39(33)24-28)27-19-21-31-30-15-7-9-17-36(30)43(37(31)23-27)29-13-5-2-6-14-29/h1-25H. The third-order valence-electron chi connectivity index (χ3n) is 8.42. The van der Waals surface area contributed by atoms with Gasteiger partial charge in [-0.1, -0.05) is 103 Å². The zero-order valence-electron chi connectivity index (χ0n) is 23.7. The van der Waals surface area contributed by atoms with Crippen LogP contribution in [0.4, 0.5) is 0 Å². The molecule has 0 saturated heterocycles. The number of rotatable bonds is 4. The number of nitrogens with zero attached hydrogens (tertiary/aromatic N) is 3. The highest BCUT2D eigenvalue weighted by atomic mass is 16.3. The fourth-order valence-electron chi connectivity index (χ4n) is 6.33. The summed E-state index contributed by atoms with van der Waals surface area (Å²) in [6, 6.07) is 52.6. The van der Waals surface area contributed by atoms with Crippen molar-refractivity contribution in [2.45, 2.75) is 0 Å². The topological polar surface area (TPSA) is 43.9 Å². The van der Waals surface area contributed by atoms with Gasteiger partial charge in [-0.3, -0.25) is 0 Å². The van der Waals surface area contributed by atoms with Gasteiger partial charge < -0.3 is 8.98 Å². The zero-order valence-corrected chi connectivity index (χ0v) is 23.7. The molecule has 4 nitrogen and oxygen atoms in total. The monoisotopic (exact) mass is 563 g/mol. The Morgan fingerprint density at radius 3 is 1.86 bits per heavy atom. The number of hydrogen-bond acceptors (Lipinski definition) is 3. The van der Waals surface area contributed by atoms with Gasteiger partial charge in [0.05, 0.1) is 22.4 Å². The van der Waals surface area contributed by atoms with Crippen LogP contribution in [-0.4, -0.2) is 14.5 Å². The van der Waals surface area contributed by atoms with Crippen LogP contribution in [0.15, 0.2) is 156 Å². The van der Waals surface area contributed by atoms with Gasteiger partial charge in [-0.15, -0.1) is 0 Å². The molecule has 4 heteroatoms. The first-order valence-corrected chi connectivity index (χ1v) is 14.8. The molecule has 0 aliphatic rings. The lowest BCUT2D eigenvalue weighted by Crippen LogP contribution is -1.97. The van der Waals surface area contributed by atoms with Gasteiger partial charge in [0.15, 0.2) is 5.82 Å². The molecule has 0 aliphatic carbocycles. The lowest BCUT2D eigenvalue weighted by molar-refractivity contribution is 0.669. The van der Waals surface area contributed by atoms with Gasteiger partial charge in [0.25, 0.3) is 0 Å². The molecule has 0 saturated carbocycles. The summed E-state index contributed by atoms with van der Waals surface area (Å²) in [4.78, 5) is 10.2. The number of fused-ring (bicyclic) bond motifs is 6. The summed E-state index contributed by atoms with van der Waals surface area (Å²) >= 11 is 0. The number of hydrogen-bond donors (Lipinski definition) is 0. The number of para-hydroxylation sites is 3. The third-order valence-corrected chi connectivity index (χ3v) is 8.42. The van der Waals surface area contributed by atoms with Crippen molar-refractivity contribution in [2.75, 3.05) is 0 Å². The predicted octanol–water partition coefficient (Wildman–Crippen LogP) is 10.5. The quantitative estimate of drug-likeness (QED) is 0.214. The molecule has 0 radical (unpaired) electrons. The molecule has 0 bridgehead atoms. The molecule has 0 unspecified atom stereocenters. The second-order valence-electron chi connectivity index (χ2n) is 11.1. The van der Waals surface area contributed by atoms with Crippen molar-refractivity contribution in [3.05, 3.63) is 152 Å². The van der Waals surface area contributed by atoms with Crippen LogP contribution in [0.2, 0.25) is 0 Å². The molecule has 44 heavy (non-hydrogen) atoms. The van der Waals surface area contributed by atoms with E-state index in [0.717, 1.165) is 61.2 Å². The SMILES string of the molecule is c1ccc(-c2cc(-c3ccc4c5ccccc5n(-c5ccccc5)c4c3)nc(-c3ccc4c(c3)oc3ccccc34)n2)cc1. The number of furan rings is 1. The van der Waals surface area contributed by atoms with Crippen molar-refractivity contribution < 1.29 is 4.42 Å². The molecule has 3 heterocycles. The van der Waals surface area contributed by atoms with Crippen LogP contribution in [0.1, 0.15) is 0 Å². The van der Waals surface area contributed by atoms with E-state index < -0.39 is 0 Å². The van der Waals surface area contributed by atoms with E-state index in [-0.39, 0.29) is 0 Å². The first-order valence-electron chi connectivity index (χ1n) is 14.8. The fourth-order valence-corrected chi connectivity index (χ4v) is 6.33. The average Bonchev–Trinajstić information content (AvgIpc) is 3.64. The van der Waals surface area contributed by atoms with Crippen LogP contribution in [0.3, 0.4) is 0 Å². The van der Waals surface area contributed by atoms with Crippen molar-refractivity contribution in [3.63, 3.8) is 0 Å². The second kappa shape index (κ2) is 9.79. The average molecular weight is 564 g/mol. The van der Waals surface area contributed by atoms with E-state index in [1.807, 2.05) is 36.4 Å². The Bertz CT molecular complexity index is 2490. The Balaban J connectivity index is 1.27. The number of benzene rings is 6. The van der Waals surface area contributed by atoms with Crippen LogP contribution in [-0.2, 0) is 0 Å². The van der Waals surface area contributed by atoms with Gasteiger partial charge in [-0.05, 0) is 48.5 Å². The summed E-state index contributed by atoms with van der Waals surface area (Å²) in [6.07, 6.45) is 0. The van der Waals surface area contributed by atoms with E-state index in [9.17, 15) is 0 Å². The normalized spacial score (nSPS) is 11.6. The highest BCUT2D eigenvalue weighted by Gasteiger charge is 2.16. The maximum absolute atomic E-state index is 6.22. The summed E-state index contributed by atoms with van der Waals surface area (Å²) in [6.45, 7) is 0. The molecule has 0 amide bonds. The minimum Gasteiger partial charge on any atom is -0.456 e. The minimum absolute atomic E-state index is 0.660. The van der Waals surface area contributed by atoms with E-state index in [4.69, 9.17) is 14.4 Å². The maximum Gasteiger partial charge on any atom is 0.160 e. The second-order valence-corrected chi connectivity index (χ2v) is 11.1. The van der Waals surface area contributed by atoms with Crippen molar-refractivity contribution in [2.24, 2.45) is 0 Å². The van der Waals surface area contributed by atoms with Crippen LogP contribution in [0, 0.1) is 0 Å². The Hall–Kier alpha value is -6.00. The van der Waals surface area contributed by atoms with E-state index in [1.165, 1.54) is 16.3 Å². The first-order chi connectivity index (χ1) is 21.8. The molecule has 0 atom stereocenters. The van der Waals surface area contributed by atoms with Gasteiger partial charge >= 0.3 is 0 Å². The molecular formula is C40H25N3O. The Labute approximate surface area is 253 Å². The highest BCUT2D eigenvalue weighted by Crippen LogP contribution is 2.36. The van der Waals surface area contributed by atoms with Crippen molar-refractivity contribution >= 4 is 43.7 Å². The van der Waals surface area contributed by atoms with Crippen LogP contribution in [0.5, 0.6) is 0 Å². The minimum atomic E-state index is 0.660. The van der Waals surface area contributed by atoms with Crippen LogP contribution >= 0.6 is 0 Å². The summed E-state index contributed by atoms with van der Waals surface area (Å²) < 4.78 is 8.56. The highest BCUT2D eigenvalue weighted by molar-refractivity contribution is 6.10. The predicted molar refractivity (Wildman–Crippen MR) is 180 cm³/mol. The summed E-state index contributed by atoms with van der Waals surface area (Å²) in [5, 5.41) is 4.63. The van der Waals surface area contributed by atoms with E-state index in [1.54, 1.807) is 0 Å². The zero-order chi connectivity index (χ0) is 29.0. The molecule has 0 N–H and O–H groups in total. The molecule has 0 aliphatic heterocycles. The van der Waals surface area contributed by atoms with E-state index >= 15 is 0 Å². The molecule has 6 aromatic carbocycles. The van der Waals surface area contributed by atoms with Crippen molar-refractivity contribution in [3.8, 4) is 39.6 Å². The van der Waals surface area contributed by atoms with Crippen LogP contribution in [0.25, 0.3) is 83.3 Å². The molecule has 0 spiro atoms. The summed E-state index contributed by atoms with van der Waals surface area (Å²) in [5.41, 5.74) is 9.88. The molecule has 3 aromatic heterocycles. The molecule has 206 valence electrons. The van der Waals surface area contributed by atoms with Crippen molar-refractivity contribution in [1.29, 1.82) is 0 Å². The molecule has 9 aromatic rings. The smallest absolute Gasteiger partial charge is 0.160 e. The lowest BCUT2D eigenvalue weighted by Gasteiger charge is -2.11. The lowest BCUT2D eigenvalue weighted by atomic mass is 10.0. The molecule has 9 rings (SSSR count). The van der Waals surface area contributed by atoms with E-state index in [2.05, 4.69) is 120 Å². The summed E-state index contributed by atoms with van der Waals surface area (Å²) in [7, 11) is 0. The molecular weight excluding hydrogens is 538 g/mol. The number of aromatic nitrogens is 3. The Morgan fingerprint density at radius 1 is 0.409 bits per heavy atom. The van der Waals surface area contributed by atoms with Gasteiger partial charge in [-0.25, -0.2) is 9.97 Å². The van der Waals surface area contributed by atoms with Gasteiger partial charge in [0, 0.05) is 43.9 Å². The van der Waals surface area contributed by atoms with Crippen LogP contribution < -0.4 is 0 Å². The fraction of sp³-hybridized carbons (Fsp3) is 0. The Morgan fingerprint density at radius 2 is 1.02 bits per heavy atom. The first kappa shape index (κ1) is 24.6. The van der Waals surface area contributed by atoms with E-state index in [0.29, 0.717) is 5.82 Å².